The van der Waals surface area contributed by atoms with Gasteiger partial charge in [0.1, 0.15) is 0 Å². The Hall–Kier alpha value is -2.47. The summed E-state index contributed by atoms with van der Waals surface area (Å²) in [5.41, 5.74) is 2.00. The van der Waals surface area contributed by atoms with Gasteiger partial charge in [-0.15, -0.1) is 11.3 Å². The molecule has 2 aromatic rings. The van der Waals surface area contributed by atoms with Crippen LogP contribution in [0.5, 0.6) is 0 Å². The largest absolute Gasteiger partial charge is 0.456 e. The lowest BCUT2D eigenvalue weighted by Gasteiger charge is -2.22. The van der Waals surface area contributed by atoms with Gasteiger partial charge in [0.05, 0.1) is 11.3 Å². The molecule has 0 unspecified atom stereocenters. The molecule has 2 heterocycles. The highest BCUT2D eigenvalue weighted by atomic mass is 32.1. The minimum Gasteiger partial charge on any atom is -0.456 e. The van der Waals surface area contributed by atoms with E-state index in [1.54, 1.807) is 11.0 Å². The van der Waals surface area contributed by atoms with E-state index in [1.165, 1.54) is 11.3 Å². The Kier molecular flexibility index (Phi) is 5.52. The lowest BCUT2D eigenvalue weighted by molar-refractivity contribution is -0.147. The minimum atomic E-state index is -0.528. The van der Waals surface area contributed by atoms with E-state index < -0.39 is 5.97 Å². The van der Waals surface area contributed by atoms with Crippen LogP contribution >= 0.6 is 11.3 Å². The maximum atomic E-state index is 12.5. The molecular weight excluding hydrogens is 350 g/mol. The zero-order valence-electron chi connectivity index (χ0n) is 14.9. The highest BCUT2D eigenvalue weighted by Crippen LogP contribution is 2.31. The van der Waals surface area contributed by atoms with Crippen molar-refractivity contribution >= 4 is 34.7 Å². The first kappa shape index (κ1) is 18.3. The number of benzene rings is 1. The SMILES string of the molecule is Cc1ccc(C(=O)CCC(=O)OCC(=O)N2c3ccccc3C[C@H]2C)s1. The van der Waals surface area contributed by atoms with Crippen LogP contribution in [0.25, 0.3) is 0 Å². The Morgan fingerprint density at radius 3 is 2.65 bits per heavy atom. The molecule has 3 rings (SSSR count). The first-order chi connectivity index (χ1) is 12.5. The molecule has 1 aromatic carbocycles. The van der Waals surface area contributed by atoms with E-state index >= 15 is 0 Å². The molecule has 0 saturated heterocycles. The topological polar surface area (TPSA) is 63.7 Å². The van der Waals surface area contributed by atoms with Crippen molar-refractivity contribution in [1.82, 2.24) is 0 Å². The van der Waals surface area contributed by atoms with Gasteiger partial charge in [-0.1, -0.05) is 18.2 Å². The summed E-state index contributed by atoms with van der Waals surface area (Å²) >= 11 is 1.41. The summed E-state index contributed by atoms with van der Waals surface area (Å²) in [6.45, 7) is 3.60. The molecule has 1 aliphatic rings. The maximum Gasteiger partial charge on any atom is 0.306 e. The van der Waals surface area contributed by atoms with E-state index in [9.17, 15) is 14.4 Å². The third kappa shape index (κ3) is 4.02. The van der Waals surface area contributed by atoms with Gasteiger partial charge in [0.15, 0.2) is 12.4 Å². The molecule has 0 spiro atoms. The molecule has 1 aromatic heterocycles. The molecule has 1 amide bonds. The number of carbonyl (C=O) groups excluding carboxylic acids is 3. The molecule has 1 atom stereocenters. The van der Waals surface area contributed by atoms with E-state index in [1.807, 2.05) is 44.2 Å². The van der Waals surface area contributed by atoms with Gasteiger partial charge in [-0.05, 0) is 44.0 Å². The Labute approximate surface area is 156 Å². The van der Waals surface area contributed by atoms with Crippen molar-refractivity contribution in [2.75, 3.05) is 11.5 Å². The zero-order valence-corrected chi connectivity index (χ0v) is 15.7. The van der Waals surface area contributed by atoms with Crippen LogP contribution in [0.15, 0.2) is 36.4 Å². The van der Waals surface area contributed by atoms with Crippen molar-refractivity contribution in [3.63, 3.8) is 0 Å². The molecular formula is C20H21NO4S. The predicted molar refractivity (Wildman–Crippen MR) is 101 cm³/mol. The Morgan fingerprint density at radius 1 is 1.15 bits per heavy atom. The van der Waals surface area contributed by atoms with E-state index in [0.717, 1.165) is 22.5 Å². The first-order valence-electron chi connectivity index (χ1n) is 8.61. The van der Waals surface area contributed by atoms with Gasteiger partial charge < -0.3 is 9.64 Å². The highest BCUT2D eigenvalue weighted by molar-refractivity contribution is 7.14. The van der Waals surface area contributed by atoms with Crippen LogP contribution in [0.3, 0.4) is 0 Å². The number of amides is 1. The van der Waals surface area contributed by atoms with Crippen LogP contribution in [0.2, 0.25) is 0 Å². The second kappa shape index (κ2) is 7.83. The lowest BCUT2D eigenvalue weighted by Crippen LogP contribution is -2.38. The quantitative estimate of drug-likeness (QED) is 0.575. The Morgan fingerprint density at radius 2 is 1.92 bits per heavy atom. The third-order valence-electron chi connectivity index (χ3n) is 4.40. The Bertz CT molecular complexity index is 842. The maximum absolute atomic E-state index is 12.5. The summed E-state index contributed by atoms with van der Waals surface area (Å²) in [6.07, 6.45) is 0.871. The summed E-state index contributed by atoms with van der Waals surface area (Å²) < 4.78 is 5.09. The van der Waals surface area contributed by atoms with Gasteiger partial charge in [0.25, 0.3) is 5.91 Å². The lowest BCUT2D eigenvalue weighted by atomic mass is 10.1. The number of nitrogens with zero attached hydrogens (tertiary/aromatic N) is 1. The van der Waals surface area contributed by atoms with Crippen LogP contribution < -0.4 is 4.90 Å². The molecule has 6 heteroatoms. The standard InChI is InChI=1S/C20H21NO4S/c1-13-11-15-5-3-4-6-16(15)21(13)19(23)12-25-20(24)10-8-17(22)18-9-7-14(2)26-18/h3-7,9,13H,8,10-12H2,1-2H3/t13-/m1/s1. The van der Waals surface area contributed by atoms with E-state index in [0.29, 0.717) is 4.88 Å². The molecule has 136 valence electrons. The van der Waals surface area contributed by atoms with Crippen molar-refractivity contribution in [2.24, 2.45) is 0 Å². The molecule has 0 aliphatic carbocycles. The summed E-state index contributed by atoms with van der Waals surface area (Å²) in [5, 5.41) is 0. The number of ketones is 1. The summed E-state index contributed by atoms with van der Waals surface area (Å²) in [6, 6.07) is 11.4. The van der Waals surface area contributed by atoms with Gasteiger partial charge in [-0.25, -0.2) is 0 Å². The second-order valence-corrected chi connectivity index (χ2v) is 7.73. The number of hydrogen-bond acceptors (Lipinski definition) is 5. The zero-order chi connectivity index (χ0) is 18.7. The van der Waals surface area contributed by atoms with Crippen molar-refractivity contribution < 1.29 is 19.1 Å². The molecule has 0 radical (unpaired) electrons. The number of ether oxygens (including phenoxy) is 1. The molecule has 0 saturated carbocycles. The molecule has 1 aliphatic heterocycles. The Balaban J connectivity index is 1.49. The van der Waals surface area contributed by atoms with Crippen LogP contribution in [-0.2, 0) is 20.7 Å². The first-order valence-corrected chi connectivity index (χ1v) is 9.42. The van der Waals surface area contributed by atoms with Crippen LogP contribution in [-0.4, -0.2) is 30.3 Å². The van der Waals surface area contributed by atoms with Crippen molar-refractivity contribution in [1.29, 1.82) is 0 Å². The smallest absolute Gasteiger partial charge is 0.306 e. The molecule has 5 nitrogen and oxygen atoms in total. The van der Waals surface area contributed by atoms with Crippen molar-refractivity contribution in [3.8, 4) is 0 Å². The number of carbonyl (C=O) groups is 3. The number of Topliss-reactive ketones (excluding diaryl/α,β-unsaturated/α-hetero) is 1. The number of thiophene rings is 1. The van der Waals surface area contributed by atoms with Gasteiger partial charge in [-0.3, -0.25) is 14.4 Å². The highest BCUT2D eigenvalue weighted by Gasteiger charge is 2.30. The summed E-state index contributed by atoms with van der Waals surface area (Å²) in [7, 11) is 0. The summed E-state index contributed by atoms with van der Waals surface area (Å²) in [4.78, 5) is 39.8. The average molecular weight is 371 g/mol. The van der Waals surface area contributed by atoms with Crippen LogP contribution in [0.4, 0.5) is 5.69 Å². The predicted octanol–water partition coefficient (Wildman–Crippen LogP) is 3.54. The molecule has 26 heavy (non-hydrogen) atoms. The van der Waals surface area contributed by atoms with Gasteiger partial charge >= 0.3 is 5.97 Å². The van der Waals surface area contributed by atoms with Gasteiger partial charge in [0.2, 0.25) is 0 Å². The number of hydrogen-bond donors (Lipinski definition) is 0. The number of rotatable bonds is 6. The van der Waals surface area contributed by atoms with E-state index in [-0.39, 0.29) is 37.2 Å². The van der Waals surface area contributed by atoms with Gasteiger partial charge in [0, 0.05) is 23.0 Å². The molecule has 0 bridgehead atoms. The monoisotopic (exact) mass is 371 g/mol. The number of fused-ring (bicyclic) bond motifs is 1. The fourth-order valence-electron chi connectivity index (χ4n) is 3.15. The summed E-state index contributed by atoms with van der Waals surface area (Å²) in [5.74, 6) is -0.843. The molecule has 0 N–H and O–H groups in total. The second-order valence-electron chi connectivity index (χ2n) is 6.44. The fraction of sp³-hybridized carbons (Fsp3) is 0.350. The van der Waals surface area contributed by atoms with E-state index in [2.05, 4.69) is 0 Å². The van der Waals surface area contributed by atoms with Crippen LogP contribution in [0, 0.1) is 6.92 Å². The number of anilines is 1. The molecule has 0 fully saturated rings. The third-order valence-corrected chi connectivity index (χ3v) is 5.45. The number of para-hydroxylation sites is 1. The van der Waals surface area contributed by atoms with Gasteiger partial charge in [-0.2, -0.15) is 0 Å². The van der Waals surface area contributed by atoms with Crippen molar-refractivity contribution in [3.05, 3.63) is 51.7 Å². The number of aryl methyl sites for hydroxylation is 1. The number of esters is 1. The fourth-order valence-corrected chi connectivity index (χ4v) is 3.99. The average Bonchev–Trinajstić information content (AvgIpc) is 3.20. The van der Waals surface area contributed by atoms with E-state index in [4.69, 9.17) is 4.74 Å². The van der Waals surface area contributed by atoms with Crippen LogP contribution in [0.1, 0.15) is 39.9 Å². The normalized spacial score (nSPS) is 15.6. The minimum absolute atomic E-state index is 0.0186. The van der Waals surface area contributed by atoms with Crippen molar-refractivity contribution in [2.45, 2.75) is 39.2 Å².